The van der Waals surface area contributed by atoms with E-state index in [1.807, 2.05) is 14.0 Å². The number of aryl methyl sites for hydroxylation is 1. The van der Waals surface area contributed by atoms with Crippen molar-refractivity contribution in [2.75, 3.05) is 27.2 Å². The molecule has 0 bridgehead atoms. The lowest BCUT2D eigenvalue weighted by atomic mass is 10.0. The van der Waals surface area contributed by atoms with Gasteiger partial charge in [0.05, 0.1) is 16.6 Å². The Hall–Kier alpha value is -3.00. The Labute approximate surface area is 168 Å². The molecule has 0 saturated carbocycles. The lowest BCUT2D eigenvalue weighted by Gasteiger charge is -2.35. The summed E-state index contributed by atoms with van der Waals surface area (Å²) in [4.78, 5) is 22.0. The molecule has 3 aromatic rings. The first-order valence-electron chi connectivity index (χ1n) is 9.65. The van der Waals surface area contributed by atoms with Crippen molar-refractivity contribution in [1.82, 2.24) is 25.0 Å². The summed E-state index contributed by atoms with van der Waals surface area (Å²) in [7, 11) is 3.92. The van der Waals surface area contributed by atoms with Crippen molar-refractivity contribution < 1.29 is 14.3 Å². The van der Waals surface area contributed by atoms with Crippen LogP contribution in [0.1, 0.15) is 28.9 Å². The molecule has 2 aromatic heterocycles. The maximum atomic E-state index is 13.9. The first kappa shape index (κ1) is 19.3. The van der Waals surface area contributed by atoms with Crippen molar-refractivity contribution in [1.29, 1.82) is 0 Å². The highest BCUT2D eigenvalue weighted by molar-refractivity contribution is 6.07. The van der Waals surface area contributed by atoms with Gasteiger partial charge >= 0.3 is 0 Å². The van der Waals surface area contributed by atoms with Gasteiger partial charge in [-0.2, -0.15) is 5.10 Å². The second-order valence-corrected chi connectivity index (χ2v) is 7.72. The highest BCUT2D eigenvalue weighted by Gasteiger charge is 2.27. The van der Waals surface area contributed by atoms with Crippen molar-refractivity contribution in [2.24, 2.45) is 0 Å². The second kappa shape index (κ2) is 7.44. The number of aromatic nitrogens is 3. The van der Waals surface area contributed by atoms with E-state index in [1.54, 1.807) is 17.0 Å². The topological polar surface area (TPSA) is 85.3 Å². The Morgan fingerprint density at radius 1 is 1.31 bits per heavy atom. The van der Waals surface area contributed by atoms with E-state index in [0.717, 1.165) is 31.6 Å². The molecule has 0 radical (unpaired) electrons. The summed E-state index contributed by atoms with van der Waals surface area (Å²) in [6.07, 6.45) is 1.85. The summed E-state index contributed by atoms with van der Waals surface area (Å²) in [6.45, 7) is 3.76. The number of phenols is 1. The van der Waals surface area contributed by atoms with Crippen LogP contribution < -0.4 is 0 Å². The molecule has 0 unspecified atom stereocenters. The van der Waals surface area contributed by atoms with Crippen LogP contribution in [0.5, 0.6) is 5.75 Å². The molecule has 1 aliphatic rings. The molecular weight excluding hydrogens is 373 g/mol. The molecule has 2 N–H and O–H groups in total. The van der Waals surface area contributed by atoms with E-state index >= 15 is 0 Å². The quantitative estimate of drug-likeness (QED) is 0.710. The molecule has 1 aliphatic heterocycles. The van der Waals surface area contributed by atoms with Crippen LogP contribution in [0.3, 0.4) is 0 Å². The molecule has 1 saturated heterocycles. The third-order valence-corrected chi connectivity index (χ3v) is 5.73. The average molecular weight is 397 g/mol. The van der Waals surface area contributed by atoms with E-state index in [0.29, 0.717) is 27.9 Å². The van der Waals surface area contributed by atoms with Crippen LogP contribution in [-0.4, -0.2) is 69.2 Å². The third kappa shape index (κ3) is 3.55. The number of likely N-dealkylation sites (tertiary alicyclic amines) is 1. The summed E-state index contributed by atoms with van der Waals surface area (Å²) in [6, 6.07) is 5.91. The number of benzene rings is 1. The number of aromatic hydroxyl groups is 1. The number of nitrogens with one attached hydrogen (secondary N) is 1. The SMILES string of the molecule is Cc1[nH]nc2nc(-c3ccc(O)c(F)c3)cc(C(=O)N(C)C3CCN(C)CC3)c12. The third-order valence-electron chi connectivity index (χ3n) is 5.73. The molecule has 3 heterocycles. The van der Waals surface area contributed by atoms with Gasteiger partial charge < -0.3 is 14.9 Å². The van der Waals surface area contributed by atoms with Crippen LogP contribution in [0.15, 0.2) is 24.3 Å². The number of amides is 1. The molecule has 0 aliphatic carbocycles. The molecule has 29 heavy (non-hydrogen) atoms. The highest BCUT2D eigenvalue weighted by atomic mass is 19.1. The van der Waals surface area contributed by atoms with Gasteiger partial charge in [0.1, 0.15) is 0 Å². The van der Waals surface area contributed by atoms with Gasteiger partial charge in [0.2, 0.25) is 0 Å². The monoisotopic (exact) mass is 397 g/mol. The van der Waals surface area contributed by atoms with Gasteiger partial charge in [0.15, 0.2) is 17.2 Å². The van der Waals surface area contributed by atoms with E-state index in [2.05, 4.69) is 27.1 Å². The zero-order chi connectivity index (χ0) is 20.7. The van der Waals surface area contributed by atoms with Gasteiger partial charge in [-0.3, -0.25) is 9.89 Å². The molecule has 152 valence electrons. The molecular formula is C21H24FN5O2. The lowest BCUT2D eigenvalue weighted by molar-refractivity contribution is 0.0661. The molecule has 1 fully saturated rings. The molecule has 1 amide bonds. The number of H-pyrrole nitrogens is 1. The molecule has 4 rings (SSSR count). The fourth-order valence-electron chi connectivity index (χ4n) is 3.90. The van der Waals surface area contributed by atoms with Crippen LogP contribution in [0.2, 0.25) is 0 Å². The smallest absolute Gasteiger partial charge is 0.254 e. The molecule has 7 nitrogen and oxygen atoms in total. The summed E-state index contributed by atoms with van der Waals surface area (Å²) >= 11 is 0. The molecule has 1 aromatic carbocycles. The highest BCUT2D eigenvalue weighted by Crippen LogP contribution is 2.29. The number of hydrogen-bond donors (Lipinski definition) is 2. The number of aromatic amines is 1. The Morgan fingerprint density at radius 3 is 2.72 bits per heavy atom. The number of carbonyl (C=O) groups excluding carboxylic acids is 1. The standard InChI is InChI=1S/C21H24FN5O2/c1-12-19-15(21(29)27(3)14-6-8-26(2)9-7-14)11-17(23-20(19)25-24-12)13-4-5-18(28)16(22)10-13/h4-5,10-11,14,28H,6-9H2,1-3H3,(H,23,24,25). The zero-order valence-corrected chi connectivity index (χ0v) is 16.7. The maximum absolute atomic E-state index is 13.9. The first-order valence-corrected chi connectivity index (χ1v) is 9.65. The summed E-state index contributed by atoms with van der Waals surface area (Å²) in [5.74, 6) is -1.26. The number of fused-ring (bicyclic) bond motifs is 1. The van der Waals surface area contributed by atoms with Crippen molar-refractivity contribution in [2.45, 2.75) is 25.8 Å². The van der Waals surface area contributed by atoms with E-state index in [9.17, 15) is 14.3 Å². The summed E-state index contributed by atoms with van der Waals surface area (Å²) < 4.78 is 13.9. The molecule has 0 spiro atoms. The predicted molar refractivity (Wildman–Crippen MR) is 108 cm³/mol. The average Bonchev–Trinajstić information content (AvgIpc) is 3.10. The van der Waals surface area contributed by atoms with Gasteiger partial charge in [-0.25, -0.2) is 9.37 Å². The van der Waals surface area contributed by atoms with E-state index < -0.39 is 11.6 Å². The number of piperidine rings is 1. The summed E-state index contributed by atoms with van der Waals surface area (Å²) in [5, 5.41) is 17.2. The second-order valence-electron chi connectivity index (χ2n) is 7.72. The number of pyridine rings is 1. The Bertz CT molecular complexity index is 1070. The molecule has 0 atom stereocenters. The van der Waals surface area contributed by atoms with E-state index in [4.69, 9.17) is 0 Å². The van der Waals surface area contributed by atoms with Crippen LogP contribution >= 0.6 is 0 Å². The van der Waals surface area contributed by atoms with Gasteiger partial charge in [-0.05, 0) is 64.2 Å². The number of halogens is 1. The minimum atomic E-state index is -0.737. The summed E-state index contributed by atoms with van der Waals surface area (Å²) in [5.41, 5.74) is 2.57. The zero-order valence-electron chi connectivity index (χ0n) is 16.7. The lowest BCUT2D eigenvalue weighted by Crippen LogP contribution is -2.44. The van der Waals surface area contributed by atoms with Gasteiger partial charge in [0, 0.05) is 24.3 Å². The Balaban J connectivity index is 1.77. The van der Waals surface area contributed by atoms with E-state index in [-0.39, 0.29) is 11.9 Å². The van der Waals surface area contributed by atoms with E-state index in [1.165, 1.54) is 12.1 Å². The van der Waals surface area contributed by atoms with Crippen LogP contribution in [0, 0.1) is 12.7 Å². The van der Waals surface area contributed by atoms with Crippen LogP contribution in [-0.2, 0) is 0 Å². The molecule has 8 heteroatoms. The largest absolute Gasteiger partial charge is 0.505 e. The first-order chi connectivity index (χ1) is 13.8. The van der Waals surface area contributed by atoms with Crippen LogP contribution in [0.4, 0.5) is 4.39 Å². The minimum Gasteiger partial charge on any atom is -0.505 e. The van der Waals surface area contributed by atoms with Gasteiger partial charge in [0.25, 0.3) is 5.91 Å². The van der Waals surface area contributed by atoms with Crippen molar-refractivity contribution in [3.63, 3.8) is 0 Å². The predicted octanol–water partition coefficient (Wildman–Crippen LogP) is 2.94. The Morgan fingerprint density at radius 2 is 2.03 bits per heavy atom. The fraction of sp³-hybridized carbons (Fsp3) is 0.381. The maximum Gasteiger partial charge on any atom is 0.254 e. The van der Waals surface area contributed by atoms with Gasteiger partial charge in [-0.1, -0.05) is 0 Å². The van der Waals surface area contributed by atoms with Crippen molar-refractivity contribution in [3.05, 3.63) is 41.3 Å². The van der Waals surface area contributed by atoms with Gasteiger partial charge in [-0.15, -0.1) is 0 Å². The van der Waals surface area contributed by atoms with Crippen molar-refractivity contribution >= 4 is 16.9 Å². The normalized spacial score (nSPS) is 15.7. The fourth-order valence-corrected chi connectivity index (χ4v) is 3.90. The van der Waals surface area contributed by atoms with Crippen LogP contribution in [0.25, 0.3) is 22.3 Å². The number of nitrogens with zero attached hydrogens (tertiary/aromatic N) is 4. The number of rotatable bonds is 3. The number of carbonyl (C=O) groups is 1. The van der Waals surface area contributed by atoms with Crippen molar-refractivity contribution in [3.8, 4) is 17.0 Å². The Kier molecular flexibility index (Phi) is 4.96. The number of phenolic OH excluding ortho intramolecular Hbond substituents is 1. The number of hydrogen-bond acceptors (Lipinski definition) is 5. The minimum absolute atomic E-state index is 0.100.